The van der Waals surface area contributed by atoms with E-state index in [1.54, 1.807) is 7.11 Å². The van der Waals surface area contributed by atoms with Gasteiger partial charge in [0.1, 0.15) is 11.6 Å². The normalized spacial score (nSPS) is 12.1. The van der Waals surface area contributed by atoms with Crippen molar-refractivity contribution in [3.8, 4) is 17.0 Å². The first-order valence-corrected chi connectivity index (χ1v) is 8.98. The minimum atomic E-state index is -0.261. The van der Waals surface area contributed by atoms with E-state index in [9.17, 15) is 4.79 Å². The van der Waals surface area contributed by atoms with Crippen LogP contribution in [-0.2, 0) is 7.05 Å². The maximum absolute atomic E-state index is 12.9. The number of fused-ring (bicyclic) bond motifs is 1. The number of hydrogen-bond donors (Lipinski definition) is 2. The number of amides is 1. The van der Waals surface area contributed by atoms with Crippen LogP contribution >= 0.6 is 0 Å². The molecule has 142 valence electrons. The fourth-order valence-electron chi connectivity index (χ4n) is 3.33. The Bertz CT molecular complexity index is 1130. The number of aromatic nitrogens is 4. The number of rotatable bonds is 5. The van der Waals surface area contributed by atoms with E-state index in [-0.39, 0.29) is 11.9 Å². The van der Waals surface area contributed by atoms with Crippen molar-refractivity contribution < 1.29 is 9.53 Å². The molecule has 7 heteroatoms. The van der Waals surface area contributed by atoms with Crippen LogP contribution in [0.25, 0.3) is 22.3 Å². The first kappa shape index (κ1) is 17.8. The highest BCUT2D eigenvalue weighted by molar-refractivity contribution is 6.00. The summed E-state index contributed by atoms with van der Waals surface area (Å²) in [7, 11) is 3.57. The maximum atomic E-state index is 12.9. The largest absolute Gasteiger partial charge is 0.497 e. The zero-order chi connectivity index (χ0) is 19.7. The standard InChI is InChI=1S/C21H21N5O2/c1-13(20-24-17-6-4-5-7-18(17)26(20)2)23-21(27)16-12-22-25-19(16)14-8-10-15(28-3)11-9-14/h4-13H,1-3H3,(H,22,25)(H,23,27)/t13-/m0/s1. The molecule has 1 amide bonds. The molecule has 0 aliphatic heterocycles. The smallest absolute Gasteiger partial charge is 0.255 e. The van der Waals surface area contributed by atoms with E-state index < -0.39 is 0 Å². The first-order valence-electron chi connectivity index (χ1n) is 8.98. The van der Waals surface area contributed by atoms with Crippen LogP contribution in [0.4, 0.5) is 0 Å². The molecule has 2 aromatic heterocycles. The molecular formula is C21H21N5O2. The molecule has 0 fully saturated rings. The second-order valence-corrected chi connectivity index (χ2v) is 6.60. The summed E-state index contributed by atoms with van der Waals surface area (Å²) in [5, 5.41) is 10.00. The molecule has 7 nitrogen and oxygen atoms in total. The number of H-pyrrole nitrogens is 1. The molecule has 0 aliphatic rings. The van der Waals surface area contributed by atoms with Gasteiger partial charge >= 0.3 is 0 Å². The van der Waals surface area contributed by atoms with E-state index in [0.717, 1.165) is 28.2 Å². The molecule has 4 aromatic rings. The predicted molar refractivity (Wildman–Crippen MR) is 107 cm³/mol. The van der Waals surface area contributed by atoms with Gasteiger partial charge in [-0.25, -0.2) is 4.98 Å². The third kappa shape index (κ3) is 3.11. The number of imidazole rings is 1. The van der Waals surface area contributed by atoms with Crippen molar-refractivity contribution in [3.63, 3.8) is 0 Å². The molecule has 2 heterocycles. The molecule has 1 atom stereocenters. The maximum Gasteiger partial charge on any atom is 0.255 e. The number of methoxy groups -OCH3 is 1. The molecule has 2 N–H and O–H groups in total. The first-order chi connectivity index (χ1) is 13.6. The summed E-state index contributed by atoms with van der Waals surface area (Å²) >= 11 is 0. The Morgan fingerprint density at radius 1 is 1.18 bits per heavy atom. The van der Waals surface area contributed by atoms with Crippen molar-refractivity contribution in [1.82, 2.24) is 25.1 Å². The molecule has 0 unspecified atom stereocenters. The fourth-order valence-corrected chi connectivity index (χ4v) is 3.33. The monoisotopic (exact) mass is 375 g/mol. The number of nitrogens with one attached hydrogen (secondary N) is 2. The number of aryl methyl sites for hydroxylation is 1. The second kappa shape index (κ2) is 7.19. The summed E-state index contributed by atoms with van der Waals surface area (Å²) in [6.45, 7) is 1.92. The fraction of sp³-hybridized carbons (Fsp3) is 0.190. The van der Waals surface area contributed by atoms with Crippen LogP contribution in [0.5, 0.6) is 5.75 Å². The second-order valence-electron chi connectivity index (χ2n) is 6.60. The number of ether oxygens (including phenoxy) is 1. The van der Waals surface area contributed by atoms with Gasteiger partial charge in [-0.1, -0.05) is 12.1 Å². The van der Waals surface area contributed by atoms with Gasteiger partial charge < -0.3 is 14.6 Å². The SMILES string of the molecule is COc1ccc(-c2[nH]ncc2C(=O)N[C@@H](C)c2nc3ccccc3n2C)cc1. The lowest BCUT2D eigenvalue weighted by Gasteiger charge is -2.14. The van der Waals surface area contributed by atoms with Crippen LogP contribution in [0.2, 0.25) is 0 Å². The molecular weight excluding hydrogens is 354 g/mol. The highest BCUT2D eigenvalue weighted by Crippen LogP contribution is 2.25. The Kier molecular flexibility index (Phi) is 4.57. The van der Waals surface area contributed by atoms with E-state index in [2.05, 4.69) is 20.5 Å². The van der Waals surface area contributed by atoms with Crippen LogP contribution in [0.3, 0.4) is 0 Å². The van der Waals surface area contributed by atoms with Gasteiger partial charge in [0, 0.05) is 12.6 Å². The summed E-state index contributed by atoms with van der Waals surface area (Å²) < 4.78 is 7.19. The van der Waals surface area contributed by atoms with Crippen LogP contribution in [-0.4, -0.2) is 32.8 Å². The van der Waals surface area contributed by atoms with Gasteiger partial charge in [0.2, 0.25) is 0 Å². The lowest BCUT2D eigenvalue weighted by atomic mass is 10.1. The highest BCUT2D eigenvalue weighted by atomic mass is 16.5. The Labute approximate surface area is 162 Å². The molecule has 0 radical (unpaired) electrons. The van der Waals surface area contributed by atoms with E-state index in [0.29, 0.717) is 11.3 Å². The van der Waals surface area contributed by atoms with Crippen LogP contribution in [0, 0.1) is 0 Å². The average Bonchev–Trinajstić information content (AvgIpc) is 3.33. The van der Waals surface area contributed by atoms with Gasteiger partial charge in [-0.15, -0.1) is 0 Å². The molecule has 0 aliphatic carbocycles. The van der Waals surface area contributed by atoms with Crippen molar-refractivity contribution in [3.05, 3.63) is 66.1 Å². The minimum Gasteiger partial charge on any atom is -0.497 e. The topological polar surface area (TPSA) is 84.8 Å². The van der Waals surface area contributed by atoms with E-state index in [1.807, 2.05) is 67.1 Å². The lowest BCUT2D eigenvalue weighted by molar-refractivity contribution is 0.0938. The quantitative estimate of drug-likeness (QED) is 0.559. The lowest BCUT2D eigenvalue weighted by Crippen LogP contribution is -2.28. The van der Waals surface area contributed by atoms with Crippen molar-refractivity contribution in [1.29, 1.82) is 0 Å². The summed E-state index contributed by atoms with van der Waals surface area (Å²) in [4.78, 5) is 17.6. The number of benzene rings is 2. The predicted octanol–water partition coefficient (Wildman–Crippen LogP) is 3.46. The van der Waals surface area contributed by atoms with Gasteiger partial charge in [-0.2, -0.15) is 5.10 Å². The van der Waals surface area contributed by atoms with Crippen molar-refractivity contribution in [2.45, 2.75) is 13.0 Å². The van der Waals surface area contributed by atoms with Crippen LogP contribution in [0.15, 0.2) is 54.7 Å². The van der Waals surface area contributed by atoms with Crippen molar-refractivity contribution in [2.24, 2.45) is 7.05 Å². The Balaban J connectivity index is 1.58. The molecule has 2 aromatic carbocycles. The number of hydrogen-bond acceptors (Lipinski definition) is 4. The molecule has 0 bridgehead atoms. The third-order valence-corrected chi connectivity index (χ3v) is 4.82. The molecule has 28 heavy (non-hydrogen) atoms. The molecule has 0 saturated carbocycles. The third-order valence-electron chi connectivity index (χ3n) is 4.82. The van der Waals surface area contributed by atoms with Crippen molar-refractivity contribution >= 4 is 16.9 Å². The number of carbonyl (C=O) groups excluding carboxylic acids is 1. The summed E-state index contributed by atoms with van der Waals surface area (Å²) in [6, 6.07) is 15.1. The summed E-state index contributed by atoms with van der Waals surface area (Å²) in [5.74, 6) is 1.34. The molecule has 4 rings (SSSR count). The van der Waals surface area contributed by atoms with Crippen LogP contribution in [0.1, 0.15) is 29.1 Å². The average molecular weight is 375 g/mol. The Morgan fingerprint density at radius 3 is 2.64 bits per heavy atom. The van der Waals surface area contributed by atoms with Gasteiger partial charge in [0.15, 0.2) is 0 Å². The van der Waals surface area contributed by atoms with Crippen LogP contribution < -0.4 is 10.1 Å². The minimum absolute atomic E-state index is 0.209. The zero-order valence-corrected chi connectivity index (χ0v) is 15.9. The molecule has 0 spiro atoms. The van der Waals surface area contributed by atoms with E-state index in [4.69, 9.17) is 4.74 Å². The van der Waals surface area contributed by atoms with E-state index >= 15 is 0 Å². The highest BCUT2D eigenvalue weighted by Gasteiger charge is 2.20. The Hall–Kier alpha value is -3.61. The summed E-state index contributed by atoms with van der Waals surface area (Å²) in [5.41, 5.74) is 3.94. The number of aromatic amines is 1. The van der Waals surface area contributed by atoms with E-state index in [1.165, 1.54) is 6.20 Å². The van der Waals surface area contributed by atoms with Gasteiger partial charge in [-0.05, 0) is 43.3 Å². The van der Waals surface area contributed by atoms with Gasteiger partial charge in [0.05, 0.1) is 41.6 Å². The number of carbonyl (C=O) groups is 1. The van der Waals surface area contributed by atoms with Gasteiger partial charge in [0.25, 0.3) is 5.91 Å². The zero-order valence-electron chi connectivity index (χ0n) is 15.9. The summed E-state index contributed by atoms with van der Waals surface area (Å²) in [6.07, 6.45) is 1.54. The molecule has 0 saturated heterocycles. The Morgan fingerprint density at radius 2 is 1.93 bits per heavy atom. The van der Waals surface area contributed by atoms with Crippen molar-refractivity contribution in [2.75, 3.05) is 7.11 Å². The number of para-hydroxylation sites is 2. The number of nitrogens with zero attached hydrogens (tertiary/aromatic N) is 3. The van der Waals surface area contributed by atoms with Gasteiger partial charge in [-0.3, -0.25) is 9.89 Å².